The van der Waals surface area contributed by atoms with Crippen LogP contribution in [0.1, 0.15) is 36.0 Å². The number of nitrogens with one attached hydrogen (secondary N) is 2. The van der Waals surface area contributed by atoms with Crippen molar-refractivity contribution in [2.24, 2.45) is 0 Å². The standard InChI is InChI=1S/C24H23N3O5S/c1-15(2)24-26-20-14-17(11-12-22(20)32-24)25-23(28)16-7-6-8-18(13-16)33(29,30)27-19-9-4-5-10-21(19)31-3/h4-15,27H,1-3H3,(H,25,28). The van der Waals surface area contributed by atoms with Gasteiger partial charge in [0.2, 0.25) is 0 Å². The highest BCUT2D eigenvalue weighted by Gasteiger charge is 2.19. The van der Waals surface area contributed by atoms with Gasteiger partial charge in [-0.1, -0.05) is 32.0 Å². The second kappa shape index (κ2) is 8.95. The van der Waals surface area contributed by atoms with E-state index in [4.69, 9.17) is 9.15 Å². The first kappa shape index (κ1) is 22.3. The lowest BCUT2D eigenvalue weighted by atomic mass is 10.2. The molecule has 0 saturated carbocycles. The number of benzene rings is 3. The summed E-state index contributed by atoms with van der Waals surface area (Å²) in [4.78, 5) is 17.2. The van der Waals surface area contributed by atoms with Crippen molar-refractivity contribution >= 4 is 38.4 Å². The molecule has 3 aromatic carbocycles. The first-order chi connectivity index (χ1) is 15.8. The average Bonchev–Trinajstić information content (AvgIpc) is 3.23. The summed E-state index contributed by atoms with van der Waals surface area (Å²) in [7, 11) is -2.48. The van der Waals surface area contributed by atoms with Crippen LogP contribution in [-0.2, 0) is 10.0 Å². The van der Waals surface area contributed by atoms with E-state index in [1.165, 1.54) is 25.3 Å². The van der Waals surface area contributed by atoms with Gasteiger partial charge >= 0.3 is 0 Å². The first-order valence-electron chi connectivity index (χ1n) is 10.2. The maximum atomic E-state index is 12.9. The van der Waals surface area contributed by atoms with E-state index in [-0.39, 0.29) is 16.4 Å². The summed E-state index contributed by atoms with van der Waals surface area (Å²) in [6.45, 7) is 3.97. The van der Waals surface area contributed by atoms with Gasteiger partial charge in [0.15, 0.2) is 11.5 Å². The second-order valence-corrected chi connectivity index (χ2v) is 9.36. The molecule has 0 unspecified atom stereocenters. The highest BCUT2D eigenvalue weighted by atomic mass is 32.2. The fraction of sp³-hybridized carbons (Fsp3) is 0.167. The van der Waals surface area contributed by atoms with Crippen molar-refractivity contribution in [1.29, 1.82) is 0 Å². The second-order valence-electron chi connectivity index (χ2n) is 7.68. The van der Waals surface area contributed by atoms with Crippen molar-refractivity contribution in [3.63, 3.8) is 0 Å². The van der Waals surface area contributed by atoms with Crippen LogP contribution in [0.15, 0.2) is 76.0 Å². The van der Waals surface area contributed by atoms with Crippen LogP contribution in [-0.4, -0.2) is 26.4 Å². The van der Waals surface area contributed by atoms with E-state index in [2.05, 4.69) is 15.0 Å². The molecule has 2 N–H and O–H groups in total. The van der Waals surface area contributed by atoms with Crippen molar-refractivity contribution in [2.75, 3.05) is 17.1 Å². The Bertz CT molecular complexity index is 1430. The first-order valence-corrected chi connectivity index (χ1v) is 11.7. The van der Waals surface area contributed by atoms with Crippen molar-refractivity contribution in [2.45, 2.75) is 24.7 Å². The molecule has 0 spiro atoms. The molecule has 9 heteroatoms. The van der Waals surface area contributed by atoms with Gasteiger partial charge < -0.3 is 14.5 Å². The summed E-state index contributed by atoms with van der Waals surface area (Å²) in [6.07, 6.45) is 0. The van der Waals surface area contributed by atoms with E-state index < -0.39 is 15.9 Å². The number of carbonyl (C=O) groups excluding carboxylic acids is 1. The third-order valence-electron chi connectivity index (χ3n) is 4.91. The fourth-order valence-corrected chi connectivity index (χ4v) is 4.33. The Kier molecular flexibility index (Phi) is 6.06. The number of nitrogens with zero attached hydrogens (tertiary/aromatic N) is 1. The molecular weight excluding hydrogens is 442 g/mol. The monoisotopic (exact) mass is 465 g/mol. The zero-order valence-corrected chi connectivity index (χ0v) is 19.1. The van der Waals surface area contributed by atoms with Gasteiger partial charge in [0.25, 0.3) is 15.9 Å². The summed E-state index contributed by atoms with van der Waals surface area (Å²) >= 11 is 0. The van der Waals surface area contributed by atoms with Crippen LogP contribution >= 0.6 is 0 Å². The Hall–Kier alpha value is -3.85. The van der Waals surface area contributed by atoms with E-state index in [0.717, 1.165) is 0 Å². The maximum absolute atomic E-state index is 12.9. The Balaban J connectivity index is 1.55. The zero-order chi connectivity index (χ0) is 23.6. The Morgan fingerprint density at radius 3 is 2.58 bits per heavy atom. The van der Waals surface area contributed by atoms with Crippen LogP contribution in [0.3, 0.4) is 0 Å². The molecule has 0 aliphatic heterocycles. The molecule has 170 valence electrons. The van der Waals surface area contributed by atoms with Crippen molar-refractivity contribution in [3.05, 3.63) is 78.2 Å². The van der Waals surface area contributed by atoms with Crippen molar-refractivity contribution in [3.8, 4) is 5.75 Å². The lowest BCUT2D eigenvalue weighted by molar-refractivity contribution is 0.102. The fourth-order valence-electron chi connectivity index (χ4n) is 3.21. The largest absolute Gasteiger partial charge is 0.495 e. The van der Waals surface area contributed by atoms with Crippen LogP contribution in [0.4, 0.5) is 11.4 Å². The minimum atomic E-state index is -3.94. The van der Waals surface area contributed by atoms with Crippen LogP contribution in [0.5, 0.6) is 5.75 Å². The molecule has 1 aromatic heterocycles. The van der Waals surface area contributed by atoms with Gasteiger partial charge in [-0.3, -0.25) is 9.52 Å². The summed E-state index contributed by atoms with van der Waals surface area (Å²) in [5, 5.41) is 2.78. The predicted octanol–water partition coefficient (Wildman–Crippen LogP) is 5.01. The number of sulfonamides is 1. The Morgan fingerprint density at radius 2 is 1.82 bits per heavy atom. The number of anilines is 2. The predicted molar refractivity (Wildman–Crippen MR) is 126 cm³/mol. The molecule has 0 fully saturated rings. The third kappa shape index (κ3) is 4.83. The van der Waals surface area contributed by atoms with Crippen LogP contribution in [0.25, 0.3) is 11.1 Å². The number of carbonyl (C=O) groups is 1. The molecule has 4 rings (SSSR count). The topological polar surface area (TPSA) is 111 Å². The van der Waals surface area contributed by atoms with Crippen molar-refractivity contribution < 1.29 is 22.4 Å². The van der Waals surface area contributed by atoms with E-state index in [1.54, 1.807) is 48.5 Å². The SMILES string of the molecule is COc1ccccc1NS(=O)(=O)c1cccc(C(=O)Nc2ccc3oc(C(C)C)nc3c2)c1. The summed E-state index contributed by atoms with van der Waals surface area (Å²) < 4.78 is 39.2. The number of methoxy groups -OCH3 is 1. The molecule has 0 radical (unpaired) electrons. The number of amides is 1. The quantitative estimate of drug-likeness (QED) is 0.397. The zero-order valence-electron chi connectivity index (χ0n) is 18.3. The lowest BCUT2D eigenvalue weighted by Gasteiger charge is -2.12. The number of para-hydroxylation sites is 2. The van der Waals surface area contributed by atoms with E-state index in [0.29, 0.717) is 34.1 Å². The van der Waals surface area contributed by atoms with Gasteiger partial charge in [0.1, 0.15) is 11.3 Å². The van der Waals surface area contributed by atoms with Gasteiger partial charge in [-0.2, -0.15) is 0 Å². The molecule has 8 nitrogen and oxygen atoms in total. The summed E-state index contributed by atoms with van der Waals surface area (Å²) in [5.41, 5.74) is 2.29. The Labute approximate surface area is 191 Å². The highest BCUT2D eigenvalue weighted by molar-refractivity contribution is 7.92. The van der Waals surface area contributed by atoms with E-state index >= 15 is 0 Å². The summed E-state index contributed by atoms with van der Waals surface area (Å²) in [6, 6.07) is 17.6. The lowest BCUT2D eigenvalue weighted by Crippen LogP contribution is -2.16. The van der Waals surface area contributed by atoms with E-state index in [9.17, 15) is 13.2 Å². The van der Waals surface area contributed by atoms with Crippen LogP contribution in [0, 0.1) is 0 Å². The summed E-state index contributed by atoms with van der Waals surface area (Å²) in [5.74, 6) is 0.702. The van der Waals surface area contributed by atoms with Gasteiger partial charge in [0, 0.05) is 17.2 Å². The number of hydrogen-bond donors (Lipinski definition) is 2. The average molecular weight is 466 g/mol. The third-order valence-corrected chi connectivity index (χ3v) is 6.28. The molecule has 0 bridgehead atoms. The molecule has 1 amide bonds. The minimum Gasteiger partial charge on any atom is -0.495 e. The molecule has 4 aromatic rings. The van der Waals surface area contributed by atoms with Crippen LogP contribution in [0.2, 0.25) is 0 Å². The molecule has 0 saturated heterocycles. The number of hydrogen-bond acceptors (Lipinski definition) is 6. The van der Waals surface area contributed by atoms with E-state index in [1.807, 2.05) is 13.8 Å². The molecule has 33 heavy (non-hydrogen) atoms. The molecule has 0 atom stereocenters. The molecule has 0 aliphatic rings. The maximum Gasteiger partial charge on any atom is 0.262 e. The number of ether oxygens (including phenoxy) is 1. The minimum absolute atomic E-state index is 0.0467. The number of fused-ring (bicyclic) bond motifs is 1. The van der Waals surface area contributed by atoms with Crippen LogP contribution < -0.4 is 14.8 Å². The molecule has 1 heterocycles. The smallest absolute Gasteiger partial charge is 0.262 e. The van der Waals surface area contributed by atoms with Crippen molar-refractivity contribution in [1.82, 2.24) is 4.98 Å². The van der Waals surface area contributed by atoms with Gasteiger partial charge in [-0.25, -0.2) is 13.4 Å². The number of rotatable bonds is 7. The number of aromatic nitrogens is 1. The normalized spacial score (nSPS) is 11.5. The number of oxazole rings is 1. The molecule has 0 aliphatic carbocycles. The molecular formula is C24H23N3O5S. The Morgan fingerprint density at radius 1 is 1.03 bits per heavy atom. The van der Waals surface area contributed by atoms with Gasteiger partial charge in [-0.15, -0.1) is 0 Å². The highest BCUT2D eigenvalue weighted by Crippen LogP contribution is 2.27. The van der Waals surface area contributed by atoms with Gasteiger partial charge in [-0.05, 0) is 48.5 Å². The van der Waals surface area contributed by atoms with Gasteiger partial charge in [0.05, 0.1) is 17.7 Å².